The largest absolute Gasteiger partial charge is 0.394 e. The molecule has 16 heavy (non-hydrogen) atoms. The number of aliphatic hydroxyl groups excluding tert-OH is 2. The van der Waals surface area contributed by atoms with Crippen LogP contribution in [0.3, 0.4) is 0 Å². The van der Waals surface area contributed by atoms with Crippen molar-refractivity contribution >= 4 is 21.4 Å². The second kappa shape index (κ2) is 5.63. The van der Waals surface area contributed by atoms with Gasteiger partial charge < -0.3 is 10.2 Å². The smallest absolute Gasteiger partial charge is 0.157 e. The van der Waals surface area contributed by atoms with Crippen molar-refractivity contribution < 1.29 is 18.6 Å². The first kappa shape index (κ1) is 13.4. The van der Waals surface area contributed by atoms with Crippen LogP contribution in [0.25, 0.3) is 0 Å². The number of benzene rings is 1. The van der Waals surface area contributed by atoms with Crippen LogP contribution in [0.1, 0.15) is 5.56 Å². The van der Waals surface area contributed by atoms with Gasteiger partial charge in [0.2, 0.25) is 0 Å². The SMILES string of the molecule is O=S(=O)(Cc1ccccc1Cl)CC(O)CO. The van der Waals surface area contributed by atoms with Crippen LogP contribution < -0.4 is 0 Å². The second-order valence-electron chi connectivity index (χ2n) is 3.48. The second-order valence-corrected chi connectivity index (χ2v) is 6.00. The zero-order chi connectivity index (χ0) is 12.2. The van der Waals surface area contributed by atoms with E-state index in [0.29, 0.717) is 10.6 Å². The lowest BCUT2D eigenvalue weighted by molar-refractivity contribution is 0.112. The summed E-state index contributed by atoms with van der Waals surface area (Å²) >= 11 is 5.82. The quantitative estimate of drug-likeness (QED) is 0.817. The summed E-state index contributed by atoms with van der Waals surface area (Å²) in [6.07, 6.45) is -1.24. The van der Waals surface area contributed by atoms with Crippen molar-refractivity contribution in [1.82, 2.24) is 0 Å². The standard InChI is InChI=1S/C10H13ClO4S/c11-10-4-2-1-3-8(10)6-16(14,15)7-9(13)5-12/h1-4,9,12-13H,5-7H2. The van der Waals surface area contributed by atoms with Gasteiger partial charge in [-0.05, 0) is 11.6 Å². The third kappa shape index (κ3) is 4.09. The summed E-state index contributed by atoms with van der Waals surface area (Å²) in [4.78, 5) is 0. The fraction of sp³-hybridized carbons (Fsp3) is 0.400. The Balaban J connectivity index is 2.77. The van der Waals surface area contributed by atoms with E-state index >= 15 is 0 Å². The molecule has 1 rings (SSSR count). The molecular formula is C10H13ClO4S. The molecule has 0 heterocycles. The summed E-state index contributed by atoms with van der Waals surface area (Å²) in [7, 11) is -3.46. The van der Waals surface area contributed by atoms with Gasteiger partial charge in [0.1, 0.15) is 0 Å². The molecule has 0 aliphatic heterocycles. The minimum absolute atomic E-state index is 0.232. The predicted octanol–water partition coefficient (Wildman–Crippen LogP) is 0.608. The lowest BCUT2D eigenvalue weighted by Gasteiger charge is -2.09. The summed E-state index contributed by atoms with van der Waals surface area (Å²) in [5, 5.41) is 18.0. The number of rotatable bonds is 5. The van der Waals surface area contributed by atoms with Crippen LogP contribution in [0.15, 0.2) is 24.3 Å². The van der Waals surface area contributed by atoms with E-state index in [1.165, 1.54) is 0 Å². The zero-order valence-corrected chi connectivity index (χ0v) is 10.1. The van der Waals surface area contributed by atoms with Gasteiger partial charge in [-0.15, -0.1) is 0 Å². The molecule has 0 radical (unpaired) electrons. The molecule has 1 aromatic carbocycles. The van der Waals surface area contributed by atoms with E-state index in [2.05, 4.69) is 0 Å². The molecule has 1 aromatic rings. The van der Waals surface area contributed by atoms with Gasteiger partial charge in [-0.25, -0.2) is 8.42 Å². The fourth-order valence-corrected chi connectivity index (χ4v) is 3.07. The van der Waals surface area contributed by atoms with Crippen LogP contribution in [0.2, 0.25) is 5.02 Å². The first-order chi connectivity index (χ1) is 7.44. The molecular weight excluding hydrogens is 252 g/mol. The average Bonchev–Trinajstić information content (AvgIpc) is 2.20. The van der Waals surface area contributed by atoms with Gasteiger partial charge in [-0.3, -0.25) is 0 Å². The summed E-state index contributed by atoms with van der Waals surface area (Å²) in [5.41, 5.74) is 0.495. The van der Waals surface area contributed by atoms with Crippen molar-refractivity contribution in [3.8, 4) is 0 Å². The molecule has 90 valence electrons. The highest BCUT2D eigenvalue weighted by Crippen LogP contribution is 2.18. The number of hydrogen-bond acceptors (Lipinski definition) is 4. The minimum Gasteiger partial charge on any atom is -0.394 e. The Morgan fingerprint density at radius 3 is 2.50 bits per heavy atom. The minimum atomic E-state index is -3.46. The van der Waals surface area contributed by atoms with E-state index in [9.17, 15) is 8.42 Å². The topological polar surface area (TPSA) is 74.6 Å². The van der Waals surface area contributed by atoms with Crippen molar-refractivity contribution in [2.24, 2.45) is 0 Å². The highest BCUT2D eigenvalue weighted by atomic mass is 35.5. The average molecular weight is 265 g/mol. The Kier molecular flexibility index (Phi) is 4.73. The summed E-state index contributed by atoms with van der Waals surface area (Å²) in [6.45, 7) is -0.568. The number of halogens is 1. The van der Waals surface area contributed by atoms with Gasteiger partial charge in [-0.2, -0.15) is 0 Å². The molecule has 0 amide bonds. The Hall–Kier alpha value is -0.620. The molecule has 0 aliphatic carbocycles. The molecule has 6 heteroatoms. The Morgan fingerprint density at radius 2 is 1.94 bits per heavy atom. The van der Waals surface area contributed by atoms with Gasteiger partial charge in [0.25, 0.3) is 0 Å². The lowest BCUT2D eigenvalue weighted by Crippen LogP contribution is -2.25. The Bertz CT molecular complexity index is 444. The molecule has 0 fully saturated rings. The predicted molar refractivity (Wildman–Crippen MR) is 62.0 cm³/mol. The van der Waals surface area contributed by atoms with Crippen LogP contribution in [0, 0.1) is 0 Å². The van der Waals surface area contributed by atoms with Gasteiger partial charge in [0, 0.05) is 5.02 Å². The monoisotopic (exact) mass is 264 g/mol. The molecule has 2 N–H and O–H groups in total. The lowest BCUT2D eigenvalue weighted by atomic mass is 10.2. The van der Waals surface area contributed by atoms with Crippen molar-refractivity contribution in [3.05, 3.63) is 34.9 Å². The Morgan fingerprint density at radius 1 is 1.31 bits per heavy atom. The summed E-state index contributed by atoms with van der Waals surface area (Å²) in [6, 6.07) is 6.63. The maximum atomic E-state index is 11.6. The summed E-state index contributed by atoms with van der Waals surface area (Å²) < 4.78 is 23.2. The molecule has 0 bridgehead atoms. The van der Waals surface area contributed by atoms with Crippen LogP contribution in [-0.2, 0) is 15.6 Å². The molecule has 0 aromatic heterocycles. The molecule has 1 unspecified atom stereocenters. The third-order valence-electron chi connectivity index (χ3n) is 1.99. The zero-order valence-electron chi connectivity index (χ0n) is 8.51. The van der Waals surface area contributed by atoms with Crippen LogP contribution in [-0.4, -0.2) is 37.1 Å². The number of hydrogen-bond donors (Lipinski definition) is 2. The van der Waals surface area contributed by atoms with Crippen molar-refractivity contribution in [1.29, 1.82) is 0 Å². The highest BCUT2D eigenvalue weighted by molar-refractivity contribution is 7.90. The third-order valence-corrected chi connectivity index (χ3v) is 4.00. The first-order valence-electron chi connectivity index (χ1n) is 4.67. The molecule has 0 saturated carbocycles. The summed E-state index contributed by atoms with van der Waals surface area (Å²) in [5.74, 6) is -0.696. The van der Waals surface area contributed by atoms with E-state index in [1.807, 2.05) is 0 Å². The molecule has 4 nitrogen and oxygen atoms in total. The first-order valence-corrected chi connectivity index (χ1v) is 6.87. The maximum Gasteiger partial charge on any atom is 0.157 e. The van der Waals surface area contributed by atoms with Gasteiger partial charge >= 0.3 is 0 Å². The molecule has 1 atom stereocenters. The van der Waals surface area contributed by atoms with E-state index in [1.54, 1.807) is 24.3 Å². The van der Waals surface area contributed by atoms with Crippen LogP contribution in [0.5, 0.6) is 0 Å². The van der Waals surface area contributed by atoms with Gasteiger partial charge in [0.15, 0.2) is 9.84 Å². The van der Waals surface area contributed by atoms with E-state index in [-0.39, 0.29) is 5.75 Å². The van der Waals surface area contributed by atoms with E-state index < -0.39 is 28.3 Å². The highest BCUT2D eigenvalue weighted by Gasteiger charge is 2.18. The van der Waals surface area contributed by atoms with E-state index in [4.69, 9.17) is 21.8 Å². The number of aliphatic hydroxyl groups is 2. The number of sulfone groups is 1. The van der Waals surface area contributed by atoms with Crippen molar-refractivity contribution in [2.45, 2.75) is 11.9 Å². The molecule has 0 spiro atoms. The maximum absolute atomic E-state index is 11.6. The van der Waals surface area contributed by atoms with Crippen molar-refractivity contribution in [2.75, 3.05) is 12.4 Å². The van der Waals surface area contributed by atoms with Gasteiger partial charge in [0.05, 0.1) is 24.2 Å². The normalized spacial score (nSPS) is 13.7. The van der Waals surface area contributed by atoms with Crippen molar-refractivity contribution in [3.63, 3.8) is 0 Å². The van der Waals surface area contributed by atoms with Crippen LogP contribution in [0.4, 0.5) is 0 Å². The van der Waals surface area contributed by atoms with E-state index in [0.717, 1.165) is 0 Å². The molecule has 0 aliphatic rings. The van der Waals surface area contributed by atoms with Gasteiger partial charge in [-0.1, -0.05) is 29.8 Å². The fourth-order valence-electron chi connectivity index (χ4n) is 1.26. The molecule has 0 saturated heterocycles. The van der Waals surface area contributed by atoms with Crippen LogP contribution >= 0.6 is 11.6 Å². The Labute approximate surface area is 99.4 Å².